The highest BCUT2D eigenvalue weighted by Gasteiger charge is 2.23. The number of aromatic nitrogens is 4. The van der Waals surface area contributed by atoms with Crippen LogP contribution >= 0.6 is 0 Å². The van der Waals surface area contributed by atoms with Crippen LogP contribution in [0.1, 0.15) is 25.3 Å². The lowest BCUT2D eigenvalue weighted by Gasteiger charge is -2.23. The van der Waals surface area contributed by atoms with E-state index in [0.29, 0.717) is 0 Å². The minimum atomic E-state index is -0.537. The molecule has 0 bridgehead atoms. The van der Waals surface area contributed by atoms with Crippen LogP contribution in [-0.4, -0.2) is 32.9 Å². The average molecular weight is 224 g/mol. The number of ether oxygens (including phenoxy) is 1. The van der Waals surface area contributed by atoms with E-state index >= 15 is 0 Å². The molecule has 0 saturated heterocycles. The Morgan fingerprint density at radius 3 is 2.81 bits per heavy atom. The number of carbonyl (C=O) groups is 1. The van der Waals surface area contributed by atoms with Crippen molar-refractivity contribution >= 4 is 12.2 Å². The molecule has 0 radical (unpaired) electrons. The molecule has 0 spiro atoms. The maximum absolute atomic E-state index is 11.7. The Balaban J connectivity index is 2.17. The summed E-state index contributed by atoms with van der Waals surface area (Å²) in [5.74, 6) is -0.537. The van der Waals surface area contributed by atoms with E-state index in [2.05, 4.69) is 15.2 Å². The molecule has 86 valence electrons. The van der Waals surface area contributed by atoms with Gasteiger partial charge in [0.25, 0.3) is 0 Å². The Morgan fingerprint density at radius 2 is 2.25 bits per heavy atom. The van der Waals surface area contributed by atoms with Gasteiger partial charge in [0, 0.05) is 12.3 Å². The normalized spacial score (nSPS) is 16.3. The highest BCUT2D eigenvalue weighted by molar-refractivity contribution is 5.84. The van der Waals surface area contributed by atoms with Gasteiger partial charge in [-0.05, 0) is 29.7 Å². The van der Waals surface area contributed by atoms with Crippen molar-refractivity contribution in [3.05, 3.63) is 16.6 Å². The molecular formula is C9H12N4O3. The maximum atomic E-state index is 11.7. The van der Waals surface area contributed by atoms with E-state index in [1.54, 1.807) is 0 Å². The summed E-state index contributed by atoms with van der Waals surface area (Å²) >= 11 is 0. The summed E-state index contributed by atoms with van der Waals surface area (Å²) in [6, 6.07) is 0.160. The Morgan fingerprint density at radius 1 is 1.50 bits per heavy atom. The second kappa shape index (κ2) is 4.30. The van der Waals surface area contributed by atoms with E-state index in [0.717, 1.165) is 30.0 Å². The number of nitrogens with zero attached hydrogens (tertiary/aromatic N) is 4. The number of rotatable bonds is 3. The first kappa shape index (κ1) is 10.6. The van der Waals surface area contributed by atoms with Gasteiger partial charge in [0.1, 0.15) is 0 Å². The largest absolute Gasteiger partial charge is 0.466 e. The van der Waals surface area contributed by atoms with Gasteiger partial charge < -0.3 is 4.74 Å². The van der Waals surface area contributed by atoms with E-state index < -0.39 is 5.97 Å². The highest BCUT2D eigenvalue weighted by Crippen LogP contribution is 2.28. The summed E-state index contributed by atoms with van der Waals surface area (Å²) in [4.78, 5) is 22.5. The van der Waals surface area contributed by atoms with E-state index in [4.69, 9.17) is 0 Å². The summed E-state index contributed by atoms with van der Waals surface area (Å²) in [6.07, 6.45) is 5.40. The number of tetrazole rings is 1. The molecule has 0 N–H and O–H groups in total. The van der Waals surface area contributed by atoms with Crippen molar-refractivity contribution in [3.8, 4) is 0 Å². The third-order valence-electron chi connectivity index (χ3n) is 2.60. The fraction of sp³-hybridized carbons (Fsp3) is 0.556. The Labute approximate surface area is 91.3 Å². The van der Waals surface area contributed by atoms with Crippen LogP contribution < -0.4 is 5.69 Å². The zero-order valence-corrected chi connectivity index (χ0v) is 8.87. The van der Waals surface area contributed by atoms with Gasteiger partial charge in [-0.1, -0.05) is 0 Å². The molecular weight excluding hydrogens is 212 g/mol. The summed E-state index contributed by atoms with van der Waals surface area (Å²) in [6.45, 7) is 0. The number of hydrogen-bond acceptors (Lipinski definition) is 5. The molecule has 0 aromatic carbocycles. The van der Waals surface area contributed by atoms with E-state index in [9.17, 15) is 9.59 Å². The second-order valence-corrected chi connectivity index (χ2v) is 3.57. The number of esters is 1. The second-order valence-electron chi connectivity index (χ2n) is 3.57. The van der Waals surface area contributed by atoms with Gasteiger partial charge in [-0.3, -0.25) is 0 Å². The van der Waals surface area contributed by atoms with Crippen LogP contribution in [0.5, 0.6) is 0 Å². The topological polar surface area (TPSA) is 79.0 Å². The van der Waals surface area contributed by atoms with E-state index in [1.807, 2.05) is 0 Å². The van der Waals surface area contributed by atoms with Gasteiger partial charge in [-0.2, -0.15) is 9.36 Å². The summed E-state index contributed by atoms with van der Waals surface area (Å²) < 4.78 is 6.78. The quantitative estimate of drug-likeness (QED) is 0.525. The summed E-state index contributed by atoms with van der Waals surface area (Å²) in [5.41, 5.74) is -0.329. The van der Waals surface area contributed by atoms with Gasteiger partial charge in [-0.15, -0.1) is 0 Å². The highest BCUT2D eigenvalue weighted by atomic mass is 16.5. The molecule has 1 aromatic rings. The molecule has 1 aromatic heterocycles. The maximum Gasteiger partial charge on any atom is 0.368 e. The molecule has 7 heteroatoms. The molecule has 1 aliphatic carbocycles. The summed E-state index contributed by atoms with van der Waals surface area (Å²) in [5, 5.41) is 7.40. The van der Waals surface area contributed by atoms with Gasteiger partial charge in [-0.25, -0.2) is 9.59 Å². The molecule has 0 amide bonds. The first-order valence-electron chi connectivity index (χ1n) is 5.02. The van der Waals surface area contributed by atoms with Crippen LogP contribution in [0.3, 0.4) is 0 Å². The number of hydrogen-bond donors (Lipinski definition) is 0. The zero-order chi connectivity index (χ0) is 11.5. The first-order valence-corrected chi connectivity index (χ1v) is 5.02. The van der Waals surface area contributed by atoms with Crippen LogP contribution in [0.4, 0.5) is 0 Å². The van der Waals surface area contributed by atoms with Crippen molar-refractivity contribution in [1.29, 1.82) is 0 Å². The molecule has 1 saturated carbocycles. The van der Waals surface area contributed by atoms with E-state index in [-0.39, 0.29) is 11.7 Å². The SMILES string of the molecule is COC(=O)/C=C/n1nnn(C2CCC2)c1=O. The predicted molar refractivity (Wildman–Crippen MR) is 54.5 cm³/mol. The van der Waals surface area contributed by atoms with Gasteiger partial charge in [0.15, 0.2) is 0 Å². The van der Waals surface area contributed by atoms with Crippen molar-refractivity contribution < 1.29 is 9.53 Å². The predicted octanol–water partition coefficient (Wildman–Crippen LogP) is -0.192. The lowest BCUT2D eigenvalue weighted by atomic mass is 9.93. The Bertz CT molecular complexity index is 469. The van der Waals surface area contributed by atoms with Crippen molar-refractivity contribution in [2.75, 3.05) is 7.11 Å². The Hall–Kier alpha value is -1.92. The lowest BCUT2D eigenvalue weighted by Crippen LogP contribution is -2.30. The third kappa shape index (κ3) is 1.88. The molecule has 0 aliphatic heterocycles. The Kier molecular flexibility index (Phi) is 2.84. The molecule has 16 heavy (non-hydrogen) atoms. The first-order chi connectivity index (χ1) is 7.72. The van der Waals surface area contributed by atoms with Crippen LogP contribution in [0.25, 0.3) is 6.20 Å². The van der Waals surface area contributed by atoms with Crippen LogP contribution in [0, 0.1) is 0 Å². The average Bonchev–Trinajstić information content (AvgIpc) is 2.55. The smallest absolute Gasteiger partial charge is 0.368 e. The monoisotopic (exact) mass is 224 g/mol. The molecule has 0 unspecified atom stereocenters. The third-order valence-corrected chi connectivity index (χ3v) is 2.60. The van der Waals surface area contributed by atoms with Crippen molar-refractivity contribution in [1.82, 2.24) is 19.8 Å². The minimum absolute atomic E-state index is 0.160. The van der Waals surface area contributed by atoms with Crippen molar-refractivity contribution in [2.45, 2.75) is 25.3 Å². The van der Waals surface area contributed by atoms with Crippen LogP contribution in [0.2, 0.25) is 0 Å². The van der Waals surface area contributed by atoms with Gasteiger partial charge >= 0.3 is 11.7 Å². The van der Waals surface area contributed by atoms with Crippen molar-refractivity contribution in [2.24, 2.45) is 0 Å². The fourth-order valence-electron chi connectivity index (χ4n) is 1.42. The molecule has 0 atom stereocenters. The standard InChI is InChI=1S/C9H12N4O3/c1-16-8(14)5-6-12-9(15)13(11-10-12)7-3-2-4-7/h5-7H,2-4H2,1H3/b6-5+. The molecule has 1 aliphatic rings. The van der Waals surface area contributed by atoms with Crippen molar-refractivity contribution in [3.63, 3.8) is 0 Å². The molecule has 2 rings (SSSR count). The fourth-order valence-corrected chi connectivity index (χ4v) is 1.42. The number of carbonyl (C=O) groups excluding carboxylic acids is 1. The molecule has 7 nitrogen and oxygen atoms in total. The van der Waals surface area contributed by atoms with Gasteiger partial charge in [0.05, 0.1) is 13.2 Å². The molecule has 1 heterocycles. The van der Waals surface area contributed by atoms with Crippen LogP contribution in [0.15, 0.2) is 10.9 Å². The molecule has 1 fully saturated rings. The minimum Gasteiger partial charge on any atom is -0.466 e. The van der Waals surface area contributed by atoms with Crippen LogP contribution in [-0.2, 0) is 9.53 Å². The number of methoxy groups -OCH3 is 1. The zero-order valence-electron chi connectivity index (χ0n) is 8.87. The summed E-state index contributed by atoms with van der Waals surface area (Å²) in [7, 11) is 1.26. The van der Waals surface area contributed by atoms with Gasteiger partial charge in [0.2, 0.25) is 0 Å². The van der Waals surface area contributed by atoms with E-state index in [1.165, 1.54) is 18.0 Å². The lowest BCUT2D eigenvalue weighted by molar-refractivity contribution is -0.134.